The third-order valence-electron chi connectivity index (χ3n) is 3.57. The summed E-state index contributed by atoms with van der Waals surface area (Å²) in [5.41, 5.74) is 1.89. The molecule has 2 aromatic rings. The predicted octanol–water partition coefficient (Wildman–Crippen LogP) is 1.70. The molecule has 2 heterocycles. The van der Waals surface area contributed by atoms with Crippen LogP contribution in [0.1, 0.15) is 23.2 Å². The van der Waals surface area contributed by atoms with E-state index in [1.54, 1.807) is 17.0 Å². The van der Waals surface area contributed by atoms with Crippen LogP contribution in [0.4, 0.5) is 11.4 Å². The lowest BCUT2D eigenvalue weighted by Gasteiger charge is -2.16. The van der Waals surface area contributed by atoms with Gasteiger partial charge in [-0.05, 0) is 30.7 Å². The Morgan fingerprint density at radius 2 is 1.82 bits per heavy atom. The quantitative estimate of drug-likeness (QED) is 0.692. The highest BCUT2D eigenvalue weighted by Crippen LogP contribution is 2.23. The Labute approximate surface area is 127 Å². The Bertz CT molecular complexity index is 696. The molecule has 112 valence electrons. The SMILES string of the molecule is O=C(Nc1ccc(N2CCCC2=O)cc1)c1cc[n+]([O-])cc1. The molecule has 0 radical (unpaired) electrons. The molecule has 1 aromatic heterocycles. The van der Waals surface area contributed by atoms with Crippen LogP contribution in [0.3, 0.4) is 0 Å². The summed E-state index contributed by atoms with van der Waals surface area (Å²) in [5, 5.41) is 13.7. The molecule has 1 aromatic carbocycles. The first kappa shape index (κ1) is 14.1. The van der Waals surface area contributed by atoms with E-state index in [9.17, 15) is 14.8 Å². The number of anilines is 2. The molecule has 1 N–H and O–H groups in total. The van der Waals surface area contributed by atoms with Crippen molar-refractivity contribution in [2.24, 2.45) is 0 Å². The third kappa shape index (κ3) is 2.90. The van der Waals surface area contributed by atoms with Gasteiger partial charge in [-0.15, -0.1) is 0 Å². The van der Waals surface area contributed by atoms with E-state index in [-0.39, 0.29) is 11.8 Å². The molecular formula is C16H15N3O3. The number of aromatic nitrogens is 1. The normalized spacial score (nSPS) is 14.2. The molecule has 0 spiro atoms. The molecule has 1 aliphatic rings. The molecule has 3 rings (SSSR count). The van der Waals surface area contributed by atoms with Crippen LogP contribution in [0.2, 0.25) is 0 Å². The van der Waals surface area contributed by atoms with Crippen molar-refractivity contribution in [3.8, 4) is 0 Å². The van der Waals surface area contributed by atoms with Crippen molar-refractivity contribution in [3.63, 3.8) is 0 Å². The number of nitrogens with one attached hydrogen (secondary N) is 1. The van der Waals surface area contributed by atoms with Crippen molar-refractivity contribution in [1.82, 2.24) is 0 Å². The molecule has 6 nitrogen and oxygen atoms in total. The van der Waals surface area contributed by atoms with E-state index in [4.69, 9.17) is 0 Å². The van der Waals surface area contributed by atoms with Gasteiger partial charge in [-0.2, -0.15) is 4.73 Å². The Morgan fingerprint density at radius 3 is 2.41 bits per heavy atom. The number of benzene rings is 1. The molecule has 1 saturated heterocycles. The summed E-state index contributed by atoms with van der Waals surface area (Å²) in [6, 6.07) is 10.1. The van der Waals surface area contributed by atoms with Gasteiger partial charge in [-0.25, -0.2) is 0 Å². The first-order valence-corrected chi connectivity index (χ1v) is 7.04. The topological polar surface area (TPSA) is 76.4 Å². The number of nitrogens with zero attached hydrogens (tertiary/aromatic N) is 2. The third-order valence-corrected chi connectivity index (χ3v) is 3.57. The summed E-state index contributed by atoms with van der Waals surface area (Å²) in [6.07, 6.45) is 4.02. The van der Waals surface area contributed by atoms with Crippen molar-refractivity contribution in [2.45, 2.75) is 12.8 Å². The second-order valence-electron chi connectivity index (χ2n) is 5.10. The summed E-state index contributed by atoms with van der Waals surface area (Å²) in [7, 11) is 0. The van der Waals surface area contributed by atoms with E-state index in [0.717, 1.165) is 18.7 Å². The first-order valence-electron chi connectivity index (χ1n) is 7.04. The summed E-state index contributed by atoms with van der Waals surface area (Å²) in [5.74, 6) is -0.155. The molecule has 0 saturated carbocycles. The van der Waals surface area contributed by atoms with Gasteiger partial charge in [0.2, 0.25) is 5.91 Å². The van der Waals surface area contributed by atoms with E-state index in [2.05, 4.69) is 5.32 Å². The van der Waals surface area contributed by atoms with Gasteiger partial charge < -0.3 is 15.4 Å². The molecule has 1 fully saturated rings. The van der Waals surface area contributed by atoms with Crippen LogP contribution in [0, 0.1) is 5.21 Å². The summed E-state index contributed by atoms with van der Waals surface area (Å²) >= 11 is 0. The highest BCUT2D eigenvalue weighted by Gasteiger charge is 2.21. The van der Waals surface area contributed by atoms with Crippen molar-refractivity contribution in [3.05, 3.63) is 59.6 Å². The maximum Gasteiger partial charge on any atom is 0.256 e. The molecule has 0 unspecified atom stereocenters. The van der Waals surface area contributed by atoms with E-state index in [1.165, 1.54) is 24.5 Å². The Balaban J connectivity index is 1.69. The van der Waals surface area contributed by atoms with Gasteiger partial charge in [0.1, 0.15) is 0 Å². The van der Waals surface area contributed by atoms with Crippen molar-refractivity contribution in [2.75, 3.05) is 16.8 Å². The standard InChI is InChI=1S/C16H15N3O3/c20-15-2-1-9-19(15)14-5-3-13(4-6-14)17-16(21)12-7-10-18(22)11-8-12/h3-8,10-11H,1-2,9H2,(H,17,21). The molecule has 1 aliphatic heterocycles. The molecule has 6 heteroatoms. The fraction of sp³-hybridized carbons (Fsp3) is 0.188. The Kier molecular flexibility index (Phi) is 3.74. The molecule has 0 atom stereocenters. The smallest absolute Gasteiger partial charge is 0.256 e. The van der Waals surface area contributed by atoms with Gasteiger partial charge in [0.25, 0.3) is 5.91 Å². The van der Waals surface area contributed by atoms with Crippen LogP contribution in [-0.4, -0.2) is 18.4 Å². The second-order valence-corrected chi connectivity index (χ2v) is 5.10. The van der Waals surface area contributed by atoms with Crippen LogP contribution in [0.15, 0.2) is 48.8 Å². The lowest BCUT2D eigenvalue weighted by atomic mass is 10.2. The van der Waals surface area contributed by atoms with Crippen LogP contribution in [0.5, 0.6) is 0 Å². The monoisotopic (exact) mass is 297 g/mol. The van der Waals surface area contributed by atoms with Crippen molar-refractivity contribution < 1.29 is 14.3 Å². The minimum atomic E-state index is -0.286. The second kappa shape index (κ2) is 5.85. The van der Waals surface area contributed by atoms with Gasteiger partial charge in [0, 0.05) is 36.5 Å². The van der Waals surface area contributed by atoms with Crippen LogP contribution < -0.4 is 14.9 Å². The number of pyridine rings is 1. The zero-order chi connectivity index (χ0) is 15.5. The lowest BCUT2D eigenvalue weighted by Crippen LogP contribution is -2.25. The number of carbonyl (C=O) groups is 2. The largest absolute Gasteiger partial charge is 0.619 e. The van der Waals surface area contributed by atoms with Gasteiger partial charge >= 0.3 is 0 Å². The van der Waals surface area contributed by atoms with Crippen LogP contribution >= 0.6 is 0 Å². The number of carbonyl (C=O) groups excluding carboxylic acids is 2. The molecule has 0 aliphatic carbocycles. The van der Waals surface area contributed by atoms with Crippen molar-refractivity contribution in [1.29, 1.82) is 0 Å². The highest BCUT2D eigenvalue weighted by molar-refractivity contribution is 6.04. The zero-order valence-electron chi connectivity index (χ0n) is 11.9. The average Bonchev–Trinajstić information content (AvgIpc) is 2.95. The molecule has 22 heavy (non-hydrogen) atoms. The van der Waals surface area contributed by atoms with Crippen LogP contribution in [0.25, 0.3) is 0 Å². The average molecular weight is 297 g/mol. The minimum Gasteiger partial charge on any atom is -0.619 e. The Hall–Kier alpha value is -2.89. The van der Waals surface area contributed by atoms with Gasteiger partial charge in [-0.3, -0.25) is 9.59 Å². The maximum absolute atomic E-state index is 12.0. The summed E-state index contributed by atoms with van der Waals surface area (Å²) in [4.78, 5) is 25.5. The number of hydrogen-bond donors (Lipinski definition) is 1. The van der Waals surface area contributed by atoms with Gasteiger partial charge in [-0.1, -0.05) is 0 Å². The molecule has 2 amide bonds. The fourth-order valence-electron chi connectivity index (χ4n) is 2.41. The van der Waals surface area contributed by atoms with E-state index in [1.807, 2.05) is 12.1 Å². The summed E-state index contributed by atoms with van der Waals surface area (Å²) in [6.45, 7) is 0.740. The summed E-state index contributed by atoms with van der Waals surface area (Å²) < 4.78 is 0.624. The zero-order valence-corrected chi connectivity index (χ0v) is 11.9. The molecular weight excluding hydrogens is 282 g/mol. The first-order chi connectivity index (χ1) is 10.6. The van der Waals surface area contributed by atoms with Crippen molar-refractivity contribution >= 4 is 23.2 Å². The number of rotatable bonds is 3. The van der Waals surface area contributed by atoms with E-state index >= 15 is 0 Å². The fourth-order valence-corrected chi connectivity index (χ4v) is 2.41. The van der Waals surface area contributed by atoms with Gasteiger partial charge in [0.15, 0.2) is 12.4 Å². The lowest BCUT2D eigenvalue weighted by molar-refractivity contribution is -0.605. The molecule has 0 bridgehead atoms. The predicted molar refractivity (Wildman–Crippen MR) is 81.4 cm³/mol. The van der Waals surface area contributed by atoms with E-state index in [0.29, 0.717) is 22.4 Å². The number of hydrogen-bond acceptors (Lipinski definition) is 3. The Morgan fingerprint density at radius 1 is 1.14 bits per heavy atom. The van der Waals surface area contributed by atoms with Gasteiger partial charge in [0.05, 0.1) is 5.56 Å². The van der Waals surface area contributed by atoms with Crippen LogP contribution in [-0.2, 0) is 4.79 Å². The number of amides is 2. The maximum atomic E-state index is 12.0. The minimum absolute atomic E-state index is 0.131. The van der Waals surface area contributed by atoms with E-state index < -0.39 is 0 Å². The highest BCUT2D eigenvalue weighted by atomic mass is 16.5.